The number of hydrogen-bond acceptors (Lipinski definition) is 6. The number of allylic oxidation sites excluding steroid dienone is 1. The highest BCUT2D eigenvalue weighted by atomic mass is 32.1. The van der Waals surface area contributed by atoms with E-state index in [4.69, 9.17) is 9.47 Å². The SMILES string of the molecule is C=CCOc1ccc(C=c2sc3n(c2=O)C(c2ccccc2)C(C(=O)OCC)=C(C)N=3)cc1. The van der Waals surface area contributed by atoms with Gasteiger partial charge in [0.25, 0.3) is 5.56 Å². The van der Waals surface area contributed by atoms with Crippen LogP contribution in [0.15, 0.2) is 88.3 Å². The molecule has 0 spiro atoms. The molecule has 1 unspecified atom stereocenters. The van der Waals surface area contributed by atoms with Crippen LogP contribution >= 0.6 is 11.3 Å². The maximum Gasteiger partial charge on any atom is 0.338 e. The lowest BCUT2D eigenvalue weighted by Crippen LogP contribution is -2.39. The molecule has 33 heavy (non-hydrogen) atoms. The van der Waals surface area contributed by atoms with Crippen molar-refractivity contribution in [1.29, 1.82) is 0 Å². The minimum atomic E-state index is -0.599. The zero-order valence-corrected chi connectivity index (χ0v) is 19.3. The average molecular weight is 461 g/mol. The van der Waals surface area contributed by atoms with Gasteiger partial charge in [-0.15, -0.1) is 0 Å². The van der Waals surface area contributed by atoms with Gasteiger partial charge < -0.3 is 9.47 Å². The highest BCUT2D eigenvalue weighted by Gasteiger charge is 2.33. The van der Waals surface area contributed by atoms with E-state index < -0.39 is 12.0 Å². The van der Waals surface area contributed by atoms with Crippen molar-refractivity contribution in [1.82, 2.24) is 4.57 Å². The number of aromatic nitrogens is 1. The number of benzene rings is 2. The molecule has 0 bridgehead atoms. The second kappa shape index (κ2) is 9.83. The van der Waals surface area contributed by atoms with E-state index in [2.05, 4.69) is 11.6 Å². The van der Waals surface area contributed by atoms with Crippen molar-refractivity contribution in [2.45, 2.75) is 19.9 Å². The molecule has 1 atom stereocenters. The molecule has 1 aromatic heterocycles. The van der Waals surface area contributed by atoms with Crippen LogP contribution in [0, 0.1) is 0 Å². The molecule has 1 aliphatic heterocycles. The van der Waals surface area contributed by atoms with E-state index in [0.29, 0.717) is 27.2 Å². The van der Waals surface area contributed by atoms with Crippen molar-refractivity contribution in [2.75, 3.05) is 13.2 Å². The van der Waals surface area contributed by atoms with Crippen LogP contribution in [0.3, 0.4) is 0 Å². The number of rotatable bonds is 7. The number of esters is 1. The molecule has 0 aliphatic carbocycles. The second-order valence-corrected chi connectivity index (χ2v) is 8.39. The molecule has 0 N–H and O–H groups in total. The third-order valence-corrected chi connectivity index (χ3v) is 6.16. The summed E-state index contributed by atoms with van der Waals surface area (Å²) in [6.07, 6.45) is 3.51. The summed E-state index contributed by atoms with van der Waals surface area (Å²) in [5, 5.41) is 0. The molecule has 2 aromatic carbocycles. The molecule has 0 radical (unpaired) electrons. The van der Waals surface area contributed by atoms with Crippen molar-refractivity contribution in [2.24, 2.45) is 4.99 Å². The van der Waals surface area contributed by atoms with E-state index >= 15 is 0 Å². The van der Waals surface area contributed by atoms with E-state index in [1.807, 2.05) is 60.7 Å². The Hall–Kier alpha value is -3.71. The molecule has 4 rings (SSSR count). The molecule has 3 aromatic rings. The molecule has 7 heteroatoms. The van der Waals surface area contributed by atoms with Gasteiger partial charge in [-0.1, -0.05) is 66.5 Å². The first kappa shape index (κ1) is 22.5. The molecule has 168 valence electrons. The summed E-state index contributed by atoms with van der Waals surface area (Å²) in [4.78, 5) is 31.5. The Bertz CT molecular complexity index is 1380. The Morgan fingerprint density at radius 1 is 1.18 bits per heavy atom. The zero-order valence-electron chi connectivity index (χ0n) is 18.5. The van der Waals surface area contributed by atoms with Gasteiger partial charge in [0.05, 0.1) is 28.5 Å². The van der Waals surface area contributed by atoms with Crippen molar-refractivity contribution in [3.05, 3.63) is 109 Å². The second-order valence-electron chi connectivity index (χ2n) is 7.38. The molecule has 0 fully saturated rings. The number of carbonyl (C=O) groups excluding carboxylic acids is 1. The van der Waals surface area contributed by atoms with E-state index in [1.54, 1.807) is 24.5 Å². The summed E-state index contributed by atoms with van der Waals surface area (Å²) in [5.74, 6) is 0.268. The molecule has 0 amide bonds. The van der Waals surface area contributed by atoms with E-state index in [0.717, 1.165) is 16.9 Å². The van der Waals surface area contributed by atoms with Crippen molar-refractivity contribution >= 4 is 23.4 Å². The Kier molecular flexibility index (Phi) is 6.70. The first-order chi connectivity index (χ1) is 16.0. The van der Waals surface area contributed by atoms with Crippen LogP contribution in [0.1, 0.15) is 31.0 Å². The highest BCUT2D eigenvalue weighted by Crippen LogP contribution is 2.30. The number of carbonyl (C=O) groups is 1. The van der Waals surface area contributed by atoms with Crippen LogP contribution in [0.4, 0.5) is 0 Å². The van der Waals surface area contributed by atoms with Gasteiger partial charge in [0.2, 0.25) is 0 Å². The lowest BCUT2D eigenvalue weighted by Gasteiger charge is -2.24. The molecule has 2 heterocycles. The smallest absolute Gasteiger partial charge is 0.338 e. The predicted molar refractivity (Wildman–Crippen MR) is 129 cm³/mol. The molecular formula is C26H24N2O4S. The van der Waals surface area contributed by atoms with Crippen LogP contribution in [-0.4, -0.2) is 23.8 Å². The molecule has 1 aliphatic rings. The van der Waals surface area contributed by atoms with Crippen LogP contribution in [0.5, 0.6) is 5.75 Å². The van der Waals surface area contributed by atoms with Gasteiger partial charge in [-0.05, 0) is 43.2 Å². The van der Waals surface area contributed by atoms with Crippen molar-refractivity contribution < 1.29 is 14.3 Å². The Balaban J connectivity index is 1.83. The predicted octanol–water partition coefficient (Wildman–Crippen LogP) is 3.36. The molecule has 6 nitrogen and oxygen atoms in total. The largest absolute Gasteiger partial charge is 0.490 e. The van der Waals surface area contributed by atoms with Gasteiger partial charge in [0.1, 0.15) is 12.4 Å². The lowest BCUT2D eigenvalue weighted by molar-refractivity contribution is -0.139. The van der Waals surface area contributed by atoms with Crippen LogP contribution in [-0.2, 0) is 9.53 Å². The Morgan fingerprint density at radius 2 is 1.91 bits per heavy atom. The average Bonchev–Trinajstić information content (AvgIpc) is 3.12. The summed E-state index contributed by atoms with van der Waals surface area (Å²) in [6, 6.07) is 16.4. The number of fused-ring (bicyclic) bond motifs is 1. The Morgan fingerprint density at radius 3 is 2.58 bits per heavy atom. The highest BCUT2D eigenvalue weighted by molar-refractivity contribution is 7.07. The summed E-state index contributed by atoms with van der Waals surface area (Å²) in [6.45, 7) is 7.85. The maximum absolute atomic E-state index is 13.5. The minimum Gasteiger partial charge on any atom is -0.490 e. The normalized spacial score (nSPS) is 15.6. The summed E-state index contributed by atoms with van der Waals surface area (Å²) < 4.78 is 12.9. The van der Waals surface area contributed by atoms with Gasteiger partial charge in [0, 0.05) is 0 Å². The fourth-order valence-electron chi connectivity index (χ4n) is 3.71. The fourth-order valence-corrected chi connectivity index (χ4v) is 4.76. The summed E-state index contributed by atoms with van der Waals surface area (Å²) in [5.41, 5.74) is 2.42. The van der Waals surface area contributed by atoms with Gasteiger partial charge >= 0.3 is 5.97 Å². The van der Waals surface area contributed by atoms with Crippen LogP contribution in [0.25, 0.3) is 6.08 Å². The molecular weight excluding hydrogens is 436 g/mol. The van der Waals surface area contributed by atoms with Gasteiger partial charge in [-0.25, -0.2) is 9.79 Å². The molecule has 0 saturated carbocycles. The van der Waals surface area contributed by atoms with Crippen LogP contribution in [0.2, 0.25) is 0 Å². The summed E-state index contributed by atoms with van der Waals surface area (Å²) in [7, 11) is 0. The maximum atomic E-state index is 13.5. The first-order valence-electron chi connectivity index (χ1n) is 10.6. The number of nitrogens with zero attached hydrogens (tertiary/aromatic N) is 2. The minimum absolute atomic E-state index is 0.200. The van der Waals surface area contributed by atoms with E-state index in [1.165, 1.54) is 11.3 Å². The van der Waals surface area contributed by atoms with Crippen molar-refractivity contribution in [3.8, 4) is 5.75 Å². The van der Waals surface area contributed by atoms with Gasteiger partial charge in [0.15, 0.2) is 4.80 Å². The summed E-state index contributed by atoms with van der Waals surface area (Å²) >= 11 is 1.30. The number of ether oxygens (including phenoxy) is 2. The zero-order chi connectivity index (χ0) is 23.4. The van der Waals surface area contributed by atoms with E-state index in [-0.39, 0.29) is 12.2 Å². The lowest BCUT2D eigenvalue weighted by atomic mass is 9.96. The third-order valence-electron chi connectivity index (χ3n) is 5.18. The standard InChI is InChI=1S/C26H24N2O4S/c1-4-15-32-20-13-11-18(12-14-20)16-21-24(29)28-23(19-9-7-6-8-10-19)22(25(30)31-5-2)17(3)27-26(28)33-21/h4,6-14,16,23H,1,5,15H2,2-3H3. The monoisotopic (exact) mass is 460 g/mol. The molecule has 0 saturated heterocycles. The Labute approximate surface area is 195 Å². The number of thiazole rings is 1. The van der Waals surface area contributed by atoms with Gasteiger partial charge in [-0.3, -0.25) is 9.36 Å². The first-order valence-corrected chi connectivity index (χ1v) is 11.4. The third kappa shape index (κ3) is 4.59. The quantitative estimate of drug-likeness (QED) is 0.401. The van der Waals surface area contributed by atoms with Crippen molar-refractivity contribution in [3.63, 3.8) is 0 Å². The van der Waals surface area contributed by atoms with Crippen LogP contribution < -0.4 is 19.6 Å². The topological polar surface area (TPSA) is 69.9 Å². The number of hydrogen-bond donors (Lipinski definition) is 0. The van der Waals surface area contributed by atoms with Gasteiger partial charge in [-0.2, -0.15) is 0 Å². The van der Waals surface area contributed by atoms with E-state index in [9.17, 15) is 9.59 Å². The fraction of sp³-hybridized carbons (Fsp3) is 0.192.